The molecule has 1 saturated heterocycles. The molecule has 1 atom stereocenters. The van der Waals surface area contributed by atoms with Crippen LogP contribution in [0.25, 0.3) is 33.4 Å². The third-order valence-corrected chi connectivity index (χ3v) is 7.22. The van der Waals surface area contributed by atoms with Crippen molar-refractivity contribution < 1.29 is 18.7 Å². The fourth-order valence-electron chi connectivity index (χ4n) is 4.96. The van der Waals surface area contributed by atoms with E-state index in [4.69, 9.17) is 9.47 Å². The smallest absolute Gasteiger partial charge is 0.255 e. The van der Waals surface area contributed by atoms with Gasteiger partial charge in [-0.25, -0.2) is 9.37 Å². The van der Waals surface area contributed by atoms with Gasteiger partial charge in [0.2, 0.25) is 0 Å². The number of methoxy groups -OCH3 is 1. The molecule has 10 heteroatoms. The van der Waals surface area contributed by atoms with Crippen LogP contribution in [-0.2, 0) is 4.74 Å². The number of aromatic nitrogens is 3. The van der Waals surface area contributed by atoms with Gasteiger partial charge in [0, 0.05) is 62.5 Å². The van der Waals surface area contributed by atoms with Crippen molar-refractivity contribution in [1.29, 1.82) is 0 Å². The van der Waals surface area contributed by atoms with Crippen molar-refractivity contribution in [1.82, 2.24) is 25.0 Å². The number of fused-ring (bicyclic) bond motifs is 1. The molecule has 2 aromatic carbocycles. The van der Waals surface area contributed by atoms with Crippen molar-refractivity contribution in [2.24, 2.45) is 0 Å². The van der Waals surface area contributed by atoms with E-state index in [0.29, 0.717) is 22.5 Å². The third-order valence-electron chi connectivity index (χ3n) is 7.22. The second kappa shape index (κ2) is 12.0. The van der Waals surface area contributed by atoms with Gasteiger partial charge in [0.05, 0.1) is 37.3 Å². The number of nitrogens with zero attached hydrogens (tertiary/aromatic N) is 4. The first-order valence-corrected chi connectivity index (χ1v) is 13.5. The number of rotatable bonds is 9. The van der Waals surface area contributed by atoms with Gasteiger partial charge in [-0.1, -0.05) is 12.1 Å². The van der Waals surface area contributed by atoms with Gasteiger partial charge in [-0.3, -0.25) is 14.8 Å². The maximum absolute atomic E-state index is 15.8. The molecule has 1 fully saturated rings. The predicted octanol–water partition coefficient (Wildman–Crippen LogP) is 4.66. The molecule has 3 heterocycles. The number of ether oxygens (including phenoxy) is 2. The lowest BCUT2D eigenvalue weighted by molar-refractivity contribution is 0.0370. The molecule has 210 valence electrons. The van der Waals surface area contributed by atoms with Crippen molar-refractivity contribution in [3.8, 4) is 28.1 Å². The van der Waals surface area contributed by atoms with Gasteiger partial charge >= 0.3 is 0 Å². The molecule has 0 bridgehead atoms. The molecule has 0 radical (unpaired) electrons. The van der Waals surface area contributed by atoms with Gasteiger partial charge in [0.15, 0.2) is 5.65 Å². The second-order valence-electron chi connectivity index (χ2n) is 10.3. The number of carbonyl (C=O) groups is 1. The zero-order chi connectivity index (χ0) is 28.2. The Morgan fingerprint density at radius 3 is 2.73 bits per heavy atom. The molecule has 1 unspecified atom stereocenters. The van der Waals surface area contributed by atoms with E-state index >= 15 is 4.39 Å². The van der Waals surface area contributed by atoms with Crippen LogP contribution in [0.2, 0.25) is 0 Å². The quantitative estimate of drug-likeness (QED) is 0.315. The SMILES string of the molecule is COc1ccccc1-c1[nH]nc2ncc(-c3cc(F)c(NC(C)CCN4CCOCC4)c(C(=O)N(C)C)c3)cc12. The van der Waals surface area contributed by atoms with Crippen molar-refractivity contribution in [3.63, 3.8) is 0 Å². The number of amides is 1. The minimum Gasteiger partial charge on any atom is -0.496 e. The predicted molar refractivity (Wildman–Crippen MR) is 154 cm³/mol. The lowest BCUT2D eigenvalue weighted by Gasteiger charge is -2.28. The second-order valence-corrected chi connectivity index (χ2v) is 10.3. The number of benzene rings is 2. The fraction of sp³-hybridized carbons (Fsp3) is 0.367. The zero-order valence-electron chi connectivity index (χ0n) is 23.3. The Morgan fingerprint density at radius 1 is 1.20 bits per heavy atom. The molecule has 4 aromatic rings. The van der Waals surface area contributed by atoms with Crippen molar-refractivity contribution in [3.05, 3.63) is 60.0 Å². The van der Waals surface area contributed by atoms with E-state index in [0.717, 1.165) is 55.9 Å². The highest BCUT2D eigenvalue weighted by molar-refractivity contribution is 6.01. The van der Waals surface area contributed by atoms with Crippen LogP contribution >= 0.6 is 0 Å². The molecule has 1 amide bonds. The topological polar surface area (TPSA) is 95.6 Å². The van der Waals surface area contributed by atoms with E-state index in [1.54, 1.807) is 33.5 Å². The Hall–Kier alpha value is -4.02. The Balaban J connectivity index is 1.48. The maximum atomic E-state index is 15.8. The lowest BCUT2D eigenvalue weighted by Crippen LogP contribution is -2.38. The summed E-state index contributed by atoms with van der Waals surface area (Å²) < 4.78 is 26.7. The van der Waals surface area contributed by atoms with Gasteiger partial charge in [-0.2, -0.15) is 5.10 Å². The Morgan fingerprint density at radius 2 is 1.98 bits per heavy atom. The van der Waals surface area contributed by atoms with Gasteiger partial charge < -0.3 is 19.7 Å². The highest BCUT2D eigenvalue weighted by Crippen LogP contribution is 2.35. The Kier molecular flexibility index (Phi) is 8.27. The standard InChI is InChI=1S/C30H35FN6O3/c1-19(9-10-37-11-13-40-14-12-37)33-28-24(30(38)36(2)3)15-20(17-25(28)31)21-16-23-27(34-35-29(23)32-18-21)22-7-5-6-8-26(22)39-4/h5-8,15-19,33H,9-14H2,1-4H3,(H,32,34,35). The Bertz CT molecular complexity index is 1500. The molecule has 40 heavy (non-hydrogen) atoms. The van der Waals surface area contributed by atoms with Gasteiger partial charge in [0.25, 0.3) is 5.91 Å². The fourth-order valence-corrected chi connectivity index (χ4v) is 4.96. The summed E-state index contributed by atoms with van der Waals surface area (Å²) in [5.41, 5.74) is 3.83. The lowest BCUT2D eigenvalue weighted by atomic mass is 9.99. The van der Waals surface area contributed by atoms with Crippen LogP contribution in [0.15, 0.2) is 48.7 Å². The molecule has 0 spiro atoms. The van der Waals surface area contributed by atoms with Crippen LogP contribution in [0.3, 0.4) is 0 Å². The van der Waals surface area contributed by atoms with Crippen LogP contribution in [0.4, 0.5) is 10.1 Å². The number of pyridine rings is 1. The third kappa shape index (κ3) is 5.78. The van der Waals surface area contributed by atoms with Crippen LogP contribution < -0.4 is 10.1 Å². The van der Waals surface area contributed by atoms with Crippen LogP contribution in [0.1, 0.15) is 23.7 Å². The van der Waals surface area contributed by atoms with Crippen molar-refractivity contribution in [2.75, 3.05) is 59.4 Å². The average molecular weight is 547 g/mol. The normalized spacial score (nSPS) is 14.7. The first-order chi connectivity index (χ1) is 19.4. The molecule has 0 saturated carbocycles. The minimum atomic E-state index is -0.488. The zero-order valence-corrected chi connectivity index (χ0v) is 23.3. The van der Waals surface area contributed by atoms with Gasteiger partial charge in [-0.15, -0.1) is 0 Å². The van der Waals surface area contributed by atoms with E-state index in [9.17, 15) is 4.79 Å². The number of anilines is 1. The molecule has 1 aliphatic rings. The molecule has 2 N–H and O–H groups in total. The monoisotopic (exact) mass is 546 g/mol. The molecule has 9 nitrogen and oxygen atoms in total. The van der Waals surface area contributed by atoms with Crippen LogP contribution in [0, 0.1) is 5.82 Å². The minimum absolute atomic E-state index is 0.0377. The molecule has 5 rings (SSSR count). The number of para-hydroxylation sites is 1. The number of H-pyrrole nitrogens is 1. The summed E-state index contributed by atoms with van der Waals surface area (Å²) >= 11 is 0. The van der Waals surface area contributed by atoms with E-state index in [-0.39, 0.29) is 23.2 Å². The van der Waals surface area contributed by atoms with Crippen LogP contribution in [0.5, 0.6) is 5.75 Å². The van der Waals surface area contributed by atoms with Gasteiger partial charge in [-0.05, 0) is 49.2 Å². The number of aromatic amines is 1. The summed E-state index contributed by atoms with van der Waals surface area (Å²) in [4.78, 5) is 21.5. The highest BCUT2D eigenvalue weighted by atomic mass is 19.1. The Labute approximate surface area is 233 Å². The number of nitrogens with one attached hydrogen (secondary N) is 2. The van der Waals surface area contributed by atoms with E-state index in [1.807, 2.05) is 37.3 Å². The van der Waals surface area contributed by atoms with E-state index < -0.39 is 5.82 Å². The average Bonchev–Trinajstić information content (AvgIpc) is 3.40. The van der Waals surface area contributed by atoms with Crippen LogP contribution in [-0.4, -0.2) is 91.0 Å². The molecular formula is C30H35FN6O3. The van der Waals surface area contributed by atoms with Crippen molar-refractivity contribution >= 4 is 22.6 Å². The molecule has 1 aliphatic heterocycles. The maximum Gasteiger partial charge on any atom is 0.255 e. The molecular weight excluding hydrogens is 511 g/mol. The number of carbonyl (C=O) groups excluding carboxylic acids is 1. The highest BCUT2D eigenvalue weighted by Gasteiger charge is 2.22. The number of morpholine rings is 1. The summed E-state index contributed by atoms with van der Waals surface area (Å²) in [6.45, 7) is 6.15. The van der Waals surface area contributed by atoms with E-state index in [1.165, 1.54) is 11.0 Å². The summed E-state index contributed by atoms with van der Waals surface area (Å²) in [6.07, 6.45) is 2.45. The van der Waals surface area contributed by atoms with E-state index in [2.05, 4.69) is 25.4 Å². The first kappa shape index (κ1) is 27.5. The van der Waals surface area contributed by atoms with Gasteiger partial charge in [0.1, 0.15) is 11.6 Å². The largest absolute Gasteiger partial charge is 0.496 e. The number of halogens is 1. The first-order valence-electron chi connectivity index (χ1n) is 13.5. The summed E-state index contributed by atoms with van der Waals surface area (Å²) in [5, 5.41) is 11.4. The number of hydrogen-bond acceptors (Lipinski definition) is 7. The molecule has 2 aromatic heterocycles. The summed E-state index contributed by atoms with van der Waals surface area (Å²) in [6, 6.07) is 12.7. The van der Waals surface area contributed by atoms with Crippen molar-refractivity contribution in [2.45, 2.75) is 19.4 Å². The number of hydrogen-bond donors (Lipinski definition) is 2. The summed E-state index contributed by atoms with van der Waals surface area (Å²) in [5.74, 6) is -0.0737. The molecule has 0 aliphatic carbocycles. The summed E-state index contributed by atoms with van der Waals surface area (Å²) in [7, 11) is 4.94.